The molecule has 6 heteroatoms. The van der Waals surface area contributed by atoms with Crippen molar-refractivity contribution in [3.05, 3.63) is 46.5 Å². The van der Waals surface area contributed by atoms with Crippen molar-refractivity contribution in [2.45, 2.75) is 20.0 Å². The Bertz CT molecular complexity index is 658. The Morgan fingerprint density at radius 3 is 2.95 bits per heavy atom. The summed E-state index contributed by atoms with van der Waals surface area (Å²) >= 11 is 0. The van der Waals surface area contributed by atoms with Gasteiger partial charge in [0.2, 0.25) is 0 Å². The van der Waals surface area contributed by atoms with Crippen molar-refractivity contribution in [1.29, 1.82) is 0 Å². The van der Waals surface area contributed by atoms with Crippen LogP contribution in [0.2, 0.25) is 0 Å². The van der Waals surface area contributed by atoms with Crippen molar-refractivity contribution >= 4 is 12.2 Å². The lowest BCUT2D eigenvalue weighted by Crippen LogP contribution is -2.19. The molecule has 0 saturated heterocycles. The lowest BCUT2D eigenvalue weighted by molar-refractivity contribution is 0.0936. The molecule has 3 rings (SSSR count). The highest BCUT2D eigenvalue weighted by Crippen LogP contribution is 2.19. The average Bonchev–Trinajstić information content (AvgIpc) is 3.00. The fourth-order valence-electron chi connectivity index (χ4n) is 2.15. The molecule has 0 bridgehead atoms. The van der Waals surface area contributed by atoms with E-state index in [0.717, 1.165) is 16.8 Å². The summed E-state index contributed by atoms with van der Waals surface area (Å²) < 4.78 is 1.27. The number of aromatic nitrogens is 3. The molecular weight excluding hydrogens is 244 g/mol. The Morgan fingerprint density at radius 2 is 2.26 bits per heavy atom. The van der Waals surface area contributed by atoms with Gasteiger partial charge in [0.05, 0.1) is 5.69 Å². The smallest absolute Gasteiger partial charge is 0.297 e. The number of rotatable bonds is 2. The molecule has 1 aliphatic heterocycles. The van der Waals surface area contributed by atoms with Crippen LogP contribution >= 0.6 is 0 Å². The predicted molar refractivity (Wildman–Crippen MR) is 66.9 cm³/mol. The van der Waals surface area contributed by atoms with Gasteiger partial charge in [-0.3, -0.25) is 14.6 Å². The highest BCUT2D eigenvalue weighted by molar-refractivity contribution is 5.94. The molecule has 96 valence electrons. The first-order chi connectivity index (χ1) is 9.20. The summed E-state index contributed by atoms with van der Waals surface area (Å²) in [5, 5.41) is 7.17. The highest BCUT2D eigenvalue weighted by Gasteiger charge is 2.25. The van der Waals surface area contributed by atoms with Gasteiger partial charge in [0, 0.05) is 24.8 Å². The minimum atomic E-state index is -0.312. The van der Waals surface area contributed by atoms with Crippen molar-refractivity contribution in [3.63, 3.8) is 0 Å². The van der Waals surface area contributed by atoms with Crippen LogP contribution in [0.3, 0.4) is 0 Å². The molecule has 0 aromatic carbocycles. The second kappa shape index (κ2) is 4.40. The van der Waals surface area contributed by atoms with Gasteiger partial charge in [0.15, 0.2) is 6.29 Å². The largest absolute Gasteiger partial charge is 0.307 e. The summed E-state index contributed by atoms with van der Waals surface area (Å²) in [4.78, 5) is 27.4. The number of aldehydes is 1. The van der Waals surface area contributed by atoms with Gasteiger partial charge in [-0.05, 0) is 18.6 Å². The molecule has 0 saturated carbocycles. The summed E-state index contributed by atoms with van der Waals surface area (Å²) in [6.45, 7) is 3.01. The molecule has 0 spiro atoms. The first kappa shape index (κ1) is 11.7. The maximum Gasteiger partial charge on any atom is 0.297 e. The molecule has 2 aromatic heterocycles. The normalized spacial score (nSPS) is 13.3. The molecule has 0 aliphatic carbocycles. The first-order valence-corrected chi connectivity index (χ1v) is 5.94. The lowest BCUT2D eigenvalue weighted by atomic mass is 10.2. The molecule has 2 aromatic rings. The van der Waals surface area contributed by atoms with Gasteiger partial charge >= 0.3 is 0 Å². The maximum atomic E-state index is 12.3. The first-order valence-electron chi connectivity index (χ1n) is 5.94. The number of aryl methyl sites for hydroxylation is 1. The zero-order valence-corrected chi connectivity index (χ0v) is 10.4. The summed E-state index contributed by atoms with van der Waals surface area (Å²) in [6, 6.07) is 3.48. The zero-order valence-electron chi connectivity index (χ0n) is 10.4. The summed E-state index contributed by atoms with van der Waals surface area (Å²) in [5.74, 6) is -0.312. The van der Waals surface area contributed by atoms with Gasteiger partial charge < -0.3 is 5.32 Å². The highest BCUT2D eigenvalue weighted by atomic mass is 16.2. The second-order valence-corrected chi connectivity index (χ2v) is 4.47. The van der Waals surface area contributed by atoms with Crippen LogP contribution in [0.5, 0.6) is 0 Å². The average molecular weight is 256 g/mol. The Balaban J connectivity index is 2.05. The third-order valence-corrected chi connectivity index (χ3v) is 3.15. The van der Waals surface area contributed by atoms with E-state index < -0.39 is 0 Å². The Kier molecular flexibility index (Phi) is 2.72. The van der Waals surface area contributed by atoms with Crippen molar-refractivity contribution in [1.82, 2.24) is 20.1 Å². The number of carbonyl (C=O) groups is 2. The van der Waals surface area contributed by atoms with Crippen LogP contribution in [-0.2, 0) is 13.1 Å². The van der Waals surface area contributed by atoms with Crippen LogP contribution in [0, 0.1) is 6.92 Å². The van der Waals surface area contributed by atoms with Crippen LogP contribution in [0.25, 0.3) is 0 Å². The van der Waals surface area contributed by atoms with Crippen molar-refractivity contribution in [2.75, 3.05) is 0 Å². The molecule has 0 amide bonds. The molecule has 6 nitrogen and oxygen atoms in total. The van der Waals surface area contributed by atoms with E-state index in [9.17, 15) is 9.59 Å². The number of nitrogens with one attached hydrogen (secondary N) is 1. The number of hydrogen-bond donors (Lipinski definition) is 1. The number of nitrogens with zero attached hydrogens (tertiary/aromatic N) is 3. The molecule has 1 N–H and O–H groups in total. The van der Waals surface area contributed by atoms with Crippen molar-refractivity contribution in [2.24, 2.45) is 0 Å². The van der Waals surface area contributed by atoms with E-state index in [1.54, 1.807) is 12.3 Å². The molecular formula is C13H12N4O2. The van der Waals surface area contributed by atoms with E-state index in [4.69, 9.17) is 0 Å². The number of fused-ring (bicyclic) bond motifs is 1. The minimum Gasteiger partial charge on any atom is -0.307 e. The van der Waals surface area contributed by atoms with E-state index in [-0.39, 0.29) is 5.91 Å². The Morgan fingerprint density at radius 1 is 1.42 bits per heavy atom. The van der Waals surface area contributed by atoms with Crippen LogP contribution in [0.4, 0.5) is 0 Å². The summed E-state index contributed by atoms with van der Waals surface area (Å²) in [5.41, 5.74) is 3.17. The molecule has 1 aliphatic rings. The molecule has 0 unspecified atom stereocenters. The third kappa shape index (κ3) is 1.86. The number of pyridine rings is 1. The second-order valence-electron chi connectivity index (χ2n) is 4.47. The molecule has 0 atom stereocenters. The molecule has 19 heavy (non-hydrogen) atoms. The predicted octanol–water partition coefficient (Wildman–Crippen LogP) is 0.691. The van der Waals surface area contributed by atoms with Crippen LogP contribution in [0.15, 0.2) is 18.3 Å². The van der Waals surface area contributed by atoms with Gasteiger partial charge in [0.25, 0.3) is 5.91 Å². The molecule has 3 heterocycles. The van der Waals surface area contributed by atoms with E-state index in [0.29, 0.717) is 30.8 Å². The monoisotopic (exact) mass is 256 g/mol. The van der Waals surface area contributed by atoms with Gasteiger partial charge in [-0.1, -0.05) is 6.07 Å². The minimum absolute atomic E-state index is 0.312. The van der Waals surface area contributed by atoms with Crippen molar-refractivity contribution < 1.29 is 9.59 Å². The molecule has 0 fully saturated rings. The SMILES string of the molecule is Cc1ccc(C(=O)n2nc(C=O)c3c2CNC3)nc1. The van der Waals surface area contributed by atoms with Crippen molar-refractivity contribution in [3.8, 4) is 0 Å². The van der Waals surface area contributed by atoms with E-state index >= 15 is 0 Å². The summed E-state index contributed by atoms with van der Waals surface area (Å²) in [6.07, 6.45) is 2.31. The van der Waals surface area contributed by atoms with Crippen LogP contribution in [-0.4, -0.2) is 27.0 Å². The quantitative estimate of drug-likeness (QED) is 0.800. The fourth-order valence-corrected chi connectivity index (χ4v) is 2.15. The standard InChI is InChI=1S/C13H12N4O2/c1-8-2-3-10(15-4-8)13(19)17-12-6-14-5-9(12)11(7-18)16-17/h2-4,7,14H,5-6H2,1H3. The van der Waals surface area contributed by atoms with Gasteiger partial charge in [-0.15, -0.1) is 0 Å². The van der Waals surface area contributed by atoms with Crippen LogP contribution < -0.4 is 5.32 Å². The van der Waals surface area contributed by atoms with Gasteiger partial charge in [-0.2, -0.15) is 9.78 Å². The third-order valence-electron chi connectivity index (χ3n) is 3.15. The van der Waals surface area contributed by atoms with Crippen LogP contribution in [0.1, 0.15) is 37.8 Å². The molecule has 0 radical (unpaired) electrons. The van der Waals surface area contributed by atoms with E-state index in [1.165, 1.54) is 4.68 Å². The fraction of sp³-hybridized carbons (Fsp3) is 0.231. The van der Waals surface area contributed by atoms with E-state index in [2.05, 4.69) is 15.4 Å². The lowest BCUT2D eigenvalue weighted by Gasteiger charge is -2.03. The Labute approximate surface area is 109 Å². The zero-order chi connectivity index (χ0) is 13.4. The van der Waals surface area contributed by atoms with Gasteiger partial charge in [0.1, 0.15) is 11.4 Å². The number of hydrogen-bond acceptors (Lipinski definition) is 5. The Hall–Kier alpha value is -2.34. The topological polar surface area (TPSA) is 76.9 Å². The number of carbonyl (C=O) groups excluding carboxylic acids is 2. The van der Waals surface area contributed by atoms with E-state index in [1.807, 2.05) is 13.0 Å². The summed E-state index contributed by atoms with van der Waals surface area (Å²) in [7, 11) is 0. The maximum absolute atomic E-state index is 12.3. The van der Waals surface area contributed by atoms with Gasteiger partial charge in [-0.25, -0.2) is 0 Å².